The minimum absolute atomic E-state index is 0.0882. The Morgan fingerprint density at radius 1 is 1.65 bits per heavy atom. The highest BCUT2D eigenvalue weighted by Crippen LogP contribution is 2.05. The first-order valence-corrected chi connectivity index (χ1v) is 5.22. The van der Waals surface area contributed by atoms with E-state index in [2.05, 4.69) is 15.1 Å². The number of amidine groups is 1. The van der Waals surface area contributed by atoms with Crippen LogP contribution in [0.5, 0.6) is 6.01 Å². The van der Waals surface area contributed by atoms with Crippen LogP contribution in [0.1, 0.15) is 19.5 Å². The molecule has 0 aliphatic heterocycles. The Hall–Kier alpha value is -1.89. The van der Waals surface area contributed by atoms with Crippen molar-refractivity contribution in [1.29, 1.82) is 0 Å². The molecule has 0 saturated carbocycles. The summed E-state index contributed by atoms with van der Waals surface area (Å²) >= 11 is 0. The molecule has 0 aliphatic carbocycles. The highest BCUT2D eigenvalue weighted by atomic mass is 16.5. The lowest BCUT2D eigenvalue weighted by atomic mass is 10.4. The number of hydrogen-bond donors (Lipinski definition) is 2. The van der Waals surface area contributed by atoms with Gasteiger partial charge in [-0.25, -0.2) is 4.98 Å². The van der Waals surface area contributed by atoms with Gasteiger partial charge in [0.2, 0.25) is 0 Å². The fraction of sp³-hybridized carbons (Fsp3) is 0.500. The third-order valence-corrected chi connectivity index (χ3v) is 1.87. The molecule has 0 amide bonds. The standard InChI is InChI=1S/C10H16N4O3/c1-3-16-6-7(2)17-10-12-5-4-8(13-10)9(11)14-15/h4-5,7,15H,3,6H2,1-2H3,(H2,11,14). The second-order valence-electron chi connectivity index (χ2n) is 3.30. The van der Waals surface area contributed by atoms with E-state index in [4.69, 9.17) is 20.4 Å². The first kappa shape index (κ1) is 13.2. The lowest BCUT2D eigenvalue weighted by Gasteiger charge is -2.12. The van der Waals surface area contributed by atoms with Crippen LogP contribution in [0.3, 0.4) is 0 Å². The van der Waals surface area contributed by atoms with Crippen molar-refractivity contribution in [3.05, 3.63) is 18.0 Å². The maximum atomic E-state index is 8.52. The van der Waals surface area contributed by atoms with E-state index >= 15 is 0 Å². The van der Waals surface area contributed by atoms with Crippen molar-refractivity contribution in [2.75, 3.05) is 13.2 Å². The van der Waals surface area contributed by atoms with Crippen LogP contribution in [0.15, 0.2) is 17.4 Å². The lowest BCUT2D eigenvalue weighted by Crippen LogP contribution is -2.21. The van der Waals surface area contributed by atoms with E-state index < -0.39 is 0 Å². The zero-order chi connectivity index (χ0) is 12.7. The van der Waals surface area contributed by atoms with E-state index in [9.17, 15) is 0 Å². The molecule has 7 heteroatoms. The fourth-order valence-corrected chi connectivity index (χ4v) is 1.09. The van der Waals surface area contributed by atoms with Gasteiger partial charge in [0.05, 0.1) is 6.61 Å². The smallest absolute Gasteiger partial charge is 0.317 e. The molecule has 0 radical (unpaired) electrons. The predicted octanol–water partition coefficient (Wildman–Crippen LogP) is 0.375. The molecule has 0 spiro atoms. The molecular formula is C10H16N4O3. The van der Waals surface area contributed by atoms with Gasteiger partial charge >= 0.3 is 6.01 Å². The van der Waals surface area contributed by atoms with Crippen molar-refractivity contribution in [2.45, 2.75) is 20.0 Å². The minimum Gasteiger partial charge on any atom is -0.458 e. The van der Waals surface area contributed by atoms with Gasteiger partial charge in [-0.15, -0.1) is 0 Å². The summed E-state index contributed by atoms with van der Waals surface area (Å²) in [4.78, 5) is 7.91. The van der Waals surface area contributed by atoms with Crippen LogP contribution in [0.25, 0.3) is 0 Å². The number of rotatable bonds is 6. The zero-order valence-corrected chi connectivity index (χ0v) is 9.83. The molecule has 0 saturated heterocycles. The summed E-state index contributed by atoms with van der Waals surface area (Å²) in [6.07, 6.45) is 1.31. The normalized spacial score (nSPS) is 13.4. The Kier molecular flexibility index (Phi) is 5.15. The van der Waals surface area contributed by atoms with E-state index in [0.29, 0.717) is 18.9 Å². The van der Waals surface area contributed by atoms with Crippen molar-refractivity contribution in [3.63, 3.8) is 0 Å². The molecule has 1 heterocycles. The summed E-state index contributed by atoms with van der Waals surface area (Å²) in [5.74, 6) is -0.0882. The highest BCUT2D eigenvalue weighted by molar-refractivity contribution is 5.95. The zero-order valence-electron chi connectivity index (χ0n) is 9.83. The molecule has 0 aromatic carbocycles. The van der Waals surface area contributed by atoms with Crippen LogP contribution in [0.4, 0.5) is 0 Å². The van der Waals surface area contributed by atoms with Crippen molar-refractivity contribution in [3.8, 4) is 6.01 Å². The van der Waals surface area contributed by atoms with Gasteiger partial charge in [0, 0.05) is 12.8 Å². The molecular weight excluding hydrogens is 224 g/mol. The number of hydrogen-bond acceptors (Lipinski definition) is 6. The summed E-state index contributed by atoms with van der Waals surface area (Å²) in [6.45, 7) is 4.82. The van der Waals surface area contributed by atoms with Crippen LogP contribution in [-0.2, 0) is 4.74 Å². The van der Waals surface area contributed by atoms with Crippen LogP contribution in [-0.4, -0.2) is 40.3 Å². The molecule has 7 nitrogen and oxygen atoms in total. The van der Waals surface area contributed by atoms with Crippen LogP contribution in [0.2, 0.25) is 0 Å². The number of nitrogens with two attached hydrogens (primary N) is 1. The Balaban J connectivity index is 2.65. The minimum atomic E-state index is -0.169. The lowest BCUT2D eigenvalue weighted by molar-refractivity contribution is 0.0607. The van der Waals surface area contributed by atoms with Crippen LogP contribution >= 0.6 is 0 Å². The Morgan fingerprint density at radius 3 is 3.06 bits per heavy atom. The average molecular weight is 240 g/mol. The molecule has 17 heavy (non-hydrogen) atoms. The molecule has 3 N–H and O–H groups in total. The number of nitrogens with zero attached hydrogens (tertiary/aromatic N) is 3. The van der Waals surface area contributed by atoms with E-state index in [0.717, 1.165) is 0 Å². The maximum absolute atomic E-state index is 8.52. The molecule has 0 bridgehead atoms. The first-order chi connectivity index (χ1) is 8.17. The SMILES string of the molecule is CCOCC(C)Oc1nccc(/C(N)=N/O)n1. The molecule has 1 atom stereocenters. The predicted molar refractivity (Wildman–Crippen MR) is 61.1 cm³/mol. The maximum Gasteiger partial charge on any atom is 0.317 e. The molecule has 0 aliphatic rings. The largest absolute Gasteiger partial charge is 0.458 e. The number of aromatic nitrogens is 2. The van der Waals surface area contributed by atoms with Gasteiger partial charge in [-0.05, 0) is 19.9 Å². The second kappa shape index (κ2) is 6.64. The summed E-state index contributed by atoms with van der Waals surface area (Å²) in [7, 11) is 0. The molecule has 1 aromatic rings. The van der Waals surface area contributed by atoms with E-state index in [1.165, 1.54) is 12.3 Å². The molecule has 1 unspecified atom stereocenters. The quantitative estimate of drug-likeness (QED) is 0.322. The molecule has 94 valence electrons. The van der Waals surface area contributed by atoms with E-state index in [-0.39, 0.29) is 18.0 Å². The molecule has 0 fully saturated rings. The Bertz CT molecular complexity index is 384. The molecule has 1 aromatic heterocycles. The average Bonchev–Trinajstić information content (AvgIpc) is 2.35. The van der Waals surface area contributed by atoms with E-state index in [1.807, 2.05) is 13.8 Å². The summed E-state index contributed by atoms with van der Waals surface area (Å²) in [6, 6.07) is 1.69. The van der Waals surface area contributed by atoms with E-state index in [1.54, 1.807) is 0 Å². The van der Waals surface area contributed by atoms with Crippen molar-refractivity contribution in [2.24, 2.45) is 10.9 Å². The van der Waals surface area contributed by atoms with Gasteiger partial charge in [0.1, 0.15) is 11.8 Å². The van der Waals surface area contributed by atoms with Gasteiger partial charge in [0.25, 0.3) is 0 Å². The highest BCUT2D eigenvalue weighted by Gasteiger charge is 2.08. The summed E-state index contributed by atoms with van der Waals surface area (Å²) < 4.78 is 10.6. The second-order valence-corrected chi connectivity index (χ2v) is 3.30. The third kappa shape index (κ3) is 4.23. The summed E-state index contributed by atoms with van der Waals surface area (Å²) in [5, 5.41) is 11.4. The van der Waals surface area contributed by atoms with Gasteiger partial charge in [-0.2, -0.15) is 4.98 Å². The van der Waals surface area contributed by atoms with Gasteiger partial charge in [-0.3, -0.25) is 0 Å². The van der Waals surface area contributed by atoms with Crippen molar-refractivity contribution < 1.29 is 14.7 Å². The Morgan fingerprint density at radius 2 is 2.41 bits per heavy atom. The molecule has 1 rings (SSSR count). The fourth-order valence-electron chi connectivity index (χ4n) is 1.09. The van der Waals surface area contributed by atoms with Crippen molar-refractivity contribution in [1.82, 2.24) is 9.97 Å². The van der Waals surface area contributed by atoms with Gasteiger partial charge < -0.3 is 20.4 Å². The number of ether oxygens (including phenoxy) is 2. The Labute approximate surface area is 99.3 Å². The monoisotopic (exact) mass is 240 g/mol. The third-order valence-electron chi connectivity index (χ3n) is 1.87. The van der Waals surface area contributed by atoms with Crippen molar-refractivity contribution >= 4 is 5.84 Å². The topological polar surface area (TPSA) is 103 Å². The van der Waals surface area contributed by atoms with Gasteiger partial charge in [0.15, 0.2) is 5.84 Å². The van der Waals surface area contributed by atoms with Gasteiger partial charge in [-0.1, -0.05) is 5.16 Å². The number of oxime groups is 1. The van der Waals surface area contributed by atoms with Crippen LogP contribution < -0.4 is 10.5 Å². The summed E-state index contributed by atoms with van der Waals surface area (Å²) in [5.41, 5.74) is 5.71. The van der Waals surface area contributed by atoms with Crippen LogP contribution in [0, 0.1) is 0 Å². The first-order valence-electron chi connectivity index (χ1n) is 5.22.